The number of nitro groups is 1. The lowest BCUT2D eigenvalue weighted by Crippen LogP contribution is -2.30. The van der Waals surface area contributed by atoms with Gasteiger partial charge in [-0.1, -0.05) is 28.1 Å². The molecular formula is C20H22BrN3O4. The van der Waals surface area contributed by atoms with Crippen LogP contribution in [0.15, 0.2) is 46.9 Å². The molecule has 0 saturated carbocycles. The fraction of sp³-hybridized carbons (Fsp3) is 0.350. The van der Waals surface area contributed by atoms with E-state index in [-0.39, 0.29) is 17.6 Å². The van der Waals surface area contributed by atoms with Gasteiger partial charge in [-0.15, -0.1) is 0 Å². The molecule has 1 aliphatic rings. The molecule has 8 heteroatoms. The monoisotopic (exact) mass is 447 g/mol. The first kappa shape index (κ1) is 20.3. The van der Waals surface area contributed by atoms with E-state index in [0.29, 0.717) is 30.9 Å². The molecular weight excluding hydrogens is 426 g/mol. The normalized spacial score (nSPS) is 16.2. The second-order valence-corrected chi connectivity index (χ2v) is 7.53. The minimum Gasteiger partial charge on any atom is -0.383 e. The third-order valence-corrected chi connectivity index (χ3v) is 5.36. The number of hydrogen-bond acceptors (Lipinski definition) is 5. The molecule has 1 amide bonds. The van der Waals surface area contributed by atoms with Gasteiger partial charge in [-0.2, -0.15) is 0 Å². The van der Waals surface area contributed by atoms with Crippen molar-refractivity contribution in [2.75, 3.05) is 32.1 Å². The van der Waals surface area contributed by atoms with Crippen LogP contribution in [-0.2, 0) is 4.74 Å². The van der Waals surface area contributed by atoms with Gasteiger partial charge in [0.15, 0.2) is 0 Å². The molecule has 1 unspecified atom stereocenters. The molecule has 3 rings (SSSR count). The summed E-state index contributed by atoms with van der Waals surface area (Å²) in [5.41, 5.74) is 1.67. The van der Waals surface area contributed by atoms with Gasteiger partial charge in [0.1, 0.15) is 5.69 Å². The van der Waals surface area contributed by atoms with Crippen molar-refractivity contribution < 1.29 is 14.5 Å². The number of nitrogens with zero attached hydrogens (tertiary/aromatic N) is 2. The third-order valence-electron chi connectivity index (χ3n) is 4.83. The lowest BCUT2D eigenvalue weighted by molar-refractivity contribution is -0.384. The second-order valence-electron chi connectivity index (χ2n) is 6.62. The summed E-state index contributed by atoms with van der Waals surface area (Å²) in [6.45, 7) is 1.52. The van der Waals surface area contributed by atoms with Crippen LogP contribution in [0.1, 0.15) is 34.8 Å². The second kappa shape index (κ2) is 9.16. The molecule has 0 aliphatic carbocycles. The number of amides is 1. The van der Waals surface area contributed by atoms with Gasteiger partial charge in [0.2, 0.25) is 0 Å². The number of carbonyl (C=O) groups is 1. The molecule has 0 bridgehead atoms. The van der Waals surface area contributed by atoms with Gasteiger partial charge in [0.25, 0.3) is 11.6 Å². The molecule has 2 aromatic rings. The Kier molecular flexibility index (Phi) is 6.64. The zero-order valence-electron chi connectivity index (χ0n) is 15.6. The van der Waals surface area contributed by atoms with Crippen LogP contribution in [-0.4, -0.2) is 42.5 Å². The van der Waals surface area contributed by atoms with Crippen molar-refractivity contribution >= 4 is 33.2 Å². The number of likely N-dealkylation sites (tertiary alicyclic amines) is 1. The Labute approximate surface area is 172 Å². The molecule has 2 aromatic carbocycles. The smallest absolute Gasteiger partial charge is 0.293 e. The summed E-state index contributed by atoms with van der Waals surface area (Å²) in [5.74, 6) is -0.183. The Bertz CT molecular complexity index is 857. The van der Waals surface area contributed by atoms with E-state index in [1.54, 1.807) is 24.1 Å². The number of ether oxygens (including phenoxy) is 1. The molecule has 1 atom stereocenters. The standard InChI is InChI=1S/C20H22BrN3O4/c1-28-12-10-22-17-9-6-15(13-19(17)24(26)27)20(25)23-11-2-3-18(23)14-4-7-16(21)8-5-14/h4-9,13,18,22H,2-3,10-12H2,1H3. The van der Waals surface area contributed by atoms with Gasteiger partial charge in [-0.3, -0.25) is 14.9 Å². The highest BCUT2D eigenvalue weighted by Gasteiger charge is 2.31. The van der Waals surface area contributed by atoms with E-state index < -0.39 is 4.92 Å². The van der Waals surface area contributed by atoms with E-state index in [9.17, 15) is 14.9 Å². The molecule has 1 heterocycles. The molecule has 1 N–H and O–H groups in total. The lowest BCUT2D eigenvalue weighted by Gasteiger charge is -2.25. The van der Waals surface area contributed by atoms with Crippen molar-refractivity contribution in [1.29, 1.82) is 0 Å². The van der Waals surface area contributed by atoms with Crippen LogP contribution in [0.5, 0.6) is 0 Å². The van der Waals surface area contributed by atoms with E-state index >= 15 is 0 Å². The quantitative estimate of drug-likeness (QED) is 0.386. The third kappa shape index (κ3) is 4.51. The first-order valence-corrected chi connectivity index (χ1v) is 9.88. The molecule has 0 aromatic heterocycles. The summed E-state index contributed by atoms with van der Waals surface area (Å²) >= 11 is 3.43. The van der Waals surface area contributed by atoms with Gasteiger partial charge in [0, 0.05) is 36.3 Å². The summed E-state index contributed by atoms with van der Waals surface area (Å²) in [6.07, 6.45) is 1.79. The molecule has 1 aliphatic heterocycles. The maximum absolute atomic E-state index is 13.1. The zero-order chi connectivity index (χ0) is 20.1. The number of carbonyl (C=O) groups excluding carboxylic acids is 1. The van der Waals surface area contributed by atoms with Gasteiger partial charge in [-0.25, -0.2) is 0 Å². The van der Waals surface area contributed by atoms with Crippen LogP contribution in [0.2, 0.25) is 0 Å². The molecule has 28 heavy (non-hydrogen) atoms. The largest absolute Gasteiger partial charge is 0.383 e. The number of halogens is 1. The topological polar surface area (TPSA) is 84.7 Å². The Morgan fingerprint density at radius 2 is 2.07 bits per heavy atom. The minimum absolute atomic E-state index is 0.0147. The van der Waals surface area contributed by atoms with Gasteiger partial charge in [0.05, 0.1) is 17.6 Å². The lowest BCUT2D eigenvalue weighted by atomic mass is 10.0. The Hall–Kier alpha value is -2.45. The Morgan fingerprint density at radius 3 is 2.75 bits per heavy atom. The fourth-order valence-electron chi connectivity index (χ4n) is 3.46. The number of methoxy groups -OCH3 is 1. The number of anilines is 1. The Balaban J connectivity index is 1.83. The molecule has 148 valence electrons. The van der Waals surface area contributed by atoms with Crippen LogP contribution < -0.4 is 5.32 Å². The number of rotatable bonds is 7. The highest BCUT2D eigenvalue weighted by Crippen LogP contribution is 2.35. The number of hydrogen-bond donors (Lipinski definition) is 1. The Morgan fingerprint density at radius 1 is 1.32 bits per heavy atom. The number of nitro benzene ring substituents is 1. The van der Waals surface area contributed by atoms with Crippen LogP contribution in [0, 0.1) is 10.1 Å². The average Bonchev–Trinajstić information content (AvgIpc) is 3.18. The van der Waals surface area contributed by atoms with E-state index in [0.717, 1.165) is 22.9 Å². The molecule has 0 radical (unpaired) electrons. The van der Waals surface area contributed by atoms with Crippen LogP contribution in [0.3, 0.4) is 0 Å². The first-order chi connectivity index (χ1) is 13.5. The van der Waals surface area contributed by atoms with Crippen LogP contribution in [0.4, 0.5) is 11.4 Å². The minimum atomic E-state index is -0.470. The van der Waals surface area contributed by atoms with Crippen molar-refractivity contribution in [3.63, 3.8) is 0 Å². The van der Waals surface area contributed by atoms with Crippen molar-refractivity contribution in [1.82, 2.24) is 4.90 Å². The predicted octanol–water partition coefficient (Wildman–Crippen LogP) is 4.39. The zero-order valence-corrected chi connectivity index (χ0v) is 17.1. The summed E-state index contributed by atoms with van der Waals surface area (Å²) in [6, 6.07) is 12.5. The van der Waals surface area contributed by atoms with Crippen molar-refractivity contribution in [3.05, 3.63) is 68.2 Å². The van der Waals surface area contributed by atoms with Crippen molar-refractivity contribution in [2.24, 2.45) is 0 Å². The summed E-state index contributed by atoms with van der Waals surface area (Å²) in [5, 5.41) is 14.4. The van der Waals surface area contributed by atoms with E-state index in [2.05, 4.69) is 21.2 Å². The fourth-order valence-corrected chi connectivity index (χ4v) is 3.72. The van der Waals surface area contributed by atoms with Crippen LogP contribution in [0.25, 0.3) is 0 Å². The molecule has 0 spiro atoms. The molecule has 1 saturated heterocycles. The summed E-state index contributed by atoms with van der Waals surface area (Å²) < 4.78 is 5.94. The van der Waals surface area contributed by atoms with Crippen molar-refractivity contribution in [3.8, 4) is 0 Å². The number of nitrogens with one attached hydrogen (secondary N) is 1. The highest BCUT2D eigenvalue weighted by atomic mass is 79.9. The maximum Gasteiger partial charge on any atom is 0.293 e. The first-order valence-electron chi connectivity index (χ1n) is 9.09. The van der Waals surface area contributed by atoms with Gasteiger partial charge >= 0.3 is 0 Å². The number of benzene rings is 2. The summed E-state index contributed by atoms with van der Waals surface area (Å²) in [4.78, 5) is 25.9. The predicted molar refractivity (Wildman–Crippen MR) is 111 cm³/mol. The average molecular weight is 448 g/mol. The van der Waals surface area contributed by atoms with Crippen LogP contribution >= 0.6 is 15.9 Å². The maximum atomic E-state index is 13.1. The highest BCUT2D eigenvalue weighted by molar-refractivity contribution is 9.10. The van der Waals surface area contributed by atoms with Gasteiger partial charge < -0.3 is 15.0 Å². The van der Waals surface area contributed by atoms with Gasteiger partial charge in [-0.05, 0) is 42.7 Å². The SMILES string of the molecule is COCCNc1ccc(C(=O)N2CCCC2c2ccc(Br)cc2)cc1[N+](=O)[O-]. The molecule has 7 nitrogen and oxygen atoms in total. The van der Waals surface area contributed by atoms with E-state index in [1.807, 2.05) is 24.3 Å². The molecule has 1 fully saturated rings. The van der Waals surface area contributed by atoms with E-state index in [4.69, 9.17) is 4.74 Å². The van der Waals surface area contributed by atoms with E-state index in [1.165, 1.54) is 6.07 Å². The van der Waals surface area contributed by atoms with Crippen molar-refractivity contribution in [2.45, 2.75) is 18.9 Å². The summed E-state index contributed by atoms with van der Waals surface area (Å²) in [7, 11) is 1.57.